The van der Waals surface area contributed by atoms with Gasteiger partial charge in [0.15, 0.2) is 0 Å². The number of primary sulfonamides is 1. The summed E-state index contributed by atoms with van der Waals surface area (Å²) >= 11 is 11.5. The van der Waals surface area contributed by atoms with E-state index in [-0.39, 0.29) is 27.2 Å². The summed E-state index contributed by atoms with van der Waals surface area (Å²) in [6.07, 6.45) is 0. The van der Waals surface area contributed by atoms with Crippen molar-refractivity contribution in [2.75, 3.05) is 18.0 Å². The first-order valence-electron chi connectivity index (χ1n) is 4.78. The van der Waals surface area contributed by atoms with Crippen LogP contribution in [0, 0.1) is 0 Å². The van der Waals surface area contributed by atoms with Crippen LogP contribution in [0.5, 0.6) is 0 Å². The predicted molar refractivity (Wildman–Crippen MR) is 74.0 cm³/mol. The Kier molecular flexibility index (Phi) is 5.04. The van der Waals surface area contributed by atoms with Crippen molar-refractivity contribution in [1.82, 2.24) is 4.72 Å². The van der Waals surface area contributed by atoms with Gasteiger partial charge in [0, 0.05) is 6.54 Å². The lowest BCUT2D eigenvalue weighted by atomic mass is 10.3. The largest absolute Gasteiger partial charge is 0.396 e. The first kappa shape index (κ1) is 16.5. The van der Waals surface area contributed by atoms with Crippen molar-refractivity contribution < 1.29 is 16.8 Å². The van der Waals surface area contributed by atoms with Crippen LogP contribution in [-0.4, -0.2) is 29.1 Å². The summed E-state index contributed by atoms with van der Waals surface area (Å²) in [4.78, 5) is -0.287. The molecule has 0 bridgehead atoms. The summed E-state index contributed by atoms with van der Waals surface area (Å²) in [7, 11) is -7.75. The number of nitrogen functional groups attached to an aromatic ring is 1. The minimum Gasteiger partial charge on any atom is -0.396 e. The highest BCUT2D eigenvalue weighted by molar-refractivity contribution is 7.90. The molecule has 5 N–H and O–H groups in total. The fraction of sp³-hybridized carbons (Fsp3) is 0.250. The van der Waals surface area contributed by atoms with Gasteiger partial charge >= 0.3 is 0 Å². The van der Waals surface area contributed by atoms with Gasteiger partial charge in [-0.2, -0.15) is 0 Å². The van der Waals surface area contributed by atoms with E-state index in [1.807, 2.05) is 4.72 Å². The molecule has 0 atom stereocenters. The number of rotatable bonds is 5. The number of hydrogen-bond acceptors (Lipinski definition) is 5. The topological polar surface area (TPSA) is 132 Å². The Bertz CT molecular complexity index is 688. The second kappa shape index (κ2) is 5.81. The van der Waals surface area contributed by atoms with E-state index in [4.69, 9.17) is 34.1 Å². The van der Waals surface area contributed by atoms with Gasteiger partial charge in [-0.15, -0.1) is 0 Å². The summed E-state index contributed by atoms with van der Waals surface area (Å²) in [5.74, 6) is -0.535. The zero-order valence-corrected chi connectivity index (χ0v) is 12.6. The molecule has 1 rings (SSSR count). The fourth-order valence-electron chi connectivity index (χ4n) is 1.15. The first-order chi connectivity index (χ1) is 8.54. The zero-order chi connectivity index (χ0) is 14.8. The molecule has 0 fully saturated rings. The highest BCUT2D eigenvalue weighted by Gasteiger charge is 2.20. The third-order valence-electron chi connectivity index (χ3n) is 2.06. The van der Waals surface area contributed by atoms with Crippen LogP contribution in [-0.2, 0) is 20.0 Å². The number of sulfonamides is 2. The Labute approximate surface area is 121 Å². The molecular weight excluding hydrogens is 337 g/mol. The van der Waals surface area contributed by atoms with Gasteiger partial charge < -0.3 is 5.73 Å². The van der Waals surface area contributed by atoms with Gasteiger partial charge in [0.25, 0.3) is 0 Å². The van der Waals surface area contributed by atoms with E-state index >= 15 is 0 Å². The van der Waals surface area contributed by atoms with Crippen molar-refractivity contribution in [3.63, 3.8) is 0 Å². The van der Waals surface area contributed by atoms with Crippen LogP contribution in [0.25, 0.3) is 0 Å². The zero-order valence-electron chi connectivity index (χ0n) is 9.43. The van der Waals surface area contributed by atoms with Crippen LogP contribution in [0.1, 0.15) is 0 Å². The normalized spacial score (nSPS) is 12.6. The summed E-state index contributed by atoms with van der Waals surface area (Å²) in [6.45, 7) is -0.375. The van der Waals surface area contributed by atoms with Gasteiger partial charge in [-0.05, 0) is 12.1 Å². The predicted octanol–water partition coefficient (Wildman–Crippen LogP) is 0.142. The second-order valence-corrected chi connectivity index (χ2v) is 7.79. The Morgan fingerprint density at radius 1 is 1.16 bits per heavy atom. The number of halogens is 2. The molecule has 7 nitrogen and oxygen atoms in total. The maximum absolute atomic E-state index is 11.9. The molecule has 0 amide bonds. The van der Waals surface area contributed by atoms with Gasteiger partial charge in [0.2, 0.25) is 20.0 Å². The molecule has 0 aliphatic heterocycles. The van der Waals surface area contributed by atoms with Crippen LogP contribution in [0.4, 0.5) is 5.69 Å². The van der Waals surface area contributed by atoms with Crippen molar-refractivity contribution in [2.45, 2.75) is 4.90 Å². The van der Waals surface area contributed by atoms with Crippen molar-refractivity contribution in [3.8, 4) is 0 Å². The van der Waals surface area contributed by atoms with Gasteiger partial charge in [-0.25, -0.2) is 26.7 Å². The molecule has 0 heterocycles. The third kappa shape index (κ3) is 4.48. The molecule has 0 aliphatic carbocycles. The highest BCUT2D eigenvalue weighted by Crippen LogP contribution is 2.32. The van der Waals surface area contributed by atoms with Crippen LogP contribution >= 0.6 is 23.2 Å². The highest BCUT2D eigenvalue weighted by atomic mass is 35.5. The molecule has 1 aromatic rings. The van der Waals surface area contributed by atoms with Crippen molar-refractivity contribution >= 4 is 48.9 Å². The molecule has 1 aromatic carbocycles. The quantitative estimate of drug-likeness (QED) is 0.651. The van der Waals surface area contributed by atoms with Crippen LogP contribution < -0.4 is 15.6 Å². The fourth-order valence-corrected chi connectivity index (χ4v) is 3.46. The van der Waals surface area contributed by atoms with E-state index in [0.29, 0.717) is 0 Å². The molecule has 0 saturated carbocycles. The lowest BCUT2D eigenvalue weighted by Gasteiger charge is -2.10. The van der Waals surface area contributed by atoms with Crippen molar-refractivity contribution in [1.29, 1.82) is 0 Å². The summed E-state index contributed by atoms with van der Waals surface area (Å²) in [5, 5.41) is 4.64. The van der Waals surface area contributed by atoms with Gasteiger partial charge in [0.05, 0.1) is 21.5 Å². The Morgan fingerprint density at radius 2 is 1.74 bits per heavy atom. The SMILES string of the molecule is Nc1c(Cl)ccc(S(=O)(=O)NCCS(N)(=O)=O)c1Cl. The van der Waals surface area contributed by atoms with E-state index in [9.17, 15) is 16.8 Å². The number of hydrogen-bond donors (Lipinski definition) is 3. The molecule has 0 saturated heterocycles. The molecule has 108 valence electrons. The van der Waals surface area contributed by atoms with Crippen molar-refractivity contribution in [3.05, 3.63) is 22.2 Å². The number of anilines is 1. The molecule has 0 unspecified atom stereocenters. The Morgan fingerprint density at radius 3 is 2.26 bits per heavy atom. The van der Waals surface area contributed by atoms with E-state index in [1.165, 1.54) is 12.1 Å². The van der Waals surface area contributed by atoms with Crippen molar-refractivity contribution in [2.24, 2.45) is 5.14 Å². The summed E-state index contributed by atoms with van der Waals surface area (Å²) in [6, 6.07) is 2.44. The average molecular weight is 348 g/mol. The smallest absolute Gasteiger partial charge is 0.242 e. The number of nitrogens with one attached hydrogen (secondary N) is 1. The van der Waals surface area contributed by atoms with Gasteiger partial charge in [0.1, 0.15) is 4.90 Å². The molecular formula is C8H11Cl2N3O4S2. The average Bonchev–Trinajstić information content (AvgIpc) is 2.23. The lowest BCUT2D eigenvalue weighted by molar-refractivity contribution is 0.581. The minimum atomic E-state index is -3.99. The molecule has 0 radical (unpaired) electrons. The number of nitrogens with two attached hydrogens (primary N) is 2. The van der Waals surface area contributed by atoms with E-state index in [0.717, 1.165) is 0 Å². The standard InChI is InChI=1S/C8H11Cl2N3O4S2/c9-5-1-2-6(7(10)8(5)11)19(16,17)13-3-4-18(12,14)15/h1-2,13H,3-4,11H2,(H2,12,14,15). The van der Waals surface area contributed by atoms with E-state index in [1.54, 1.807) is 0 Å². The molecule has 19 heavy (non-hydrogen) atoms. The van der Waals surface area contributed by atoms with E-state index < -0.39 is 25.8 Å². The Hall–Kier alpha value is -0.580. The number of benzene rings is 1. The van der Waals surface area contributed by atoms with Gasteiger partial charge in [-0.1, -0.05) is 23.2 Å². The molecule has 0 spiro atoms. The summed E-state index contributed by atoms with van der Waals surface area (Å²) in [5.41, 5.74) is 5.43. The molecule has 0 aliphatic rings. The molecule has 0 aromatic heterocycles. The third-order valence-corrected chi connectivity index (χ3v) is 5.18. The lowest BCUT2D eigenvalue weighted by Crippen LogP contribution is -2.31. The second-order valence-electron chi connectivity index (χ2n) is 3.54. The van der Waals surface area contributed by atoms with Crippen LogP contribution in [0.3, 0.4) is 0 Å². The van der Waals surface area contributed by atoms with E-state index in [2.05, 4.69) is 0 Å². The minimum absolute atomic E-state index is 0.0716. The van der Waals surface area contributed by atoms with Crippen LogP contribution in [0.15, 0.2) is 17.0 Å². The first-order valence-corrected chi connectivity index (χ1v) is 8.73. The summed E-state index contributed by atoms with van der Waals surface area (Å²) < 4.78 is 47.2. The van der Waals surface area contributed by atoms with Crippen LogP contribution in [0.2, 0.25) is 10.0 Å². The maximum atomic E-state index is 11.9. The molecule has 11 heteroatoms. The maximum Gasteiger partial charge on any atom is 0.242 e. The van der Waals surface area contributed by atoms with Gasteiger partial charge in [-0.3, -0.25) is 0 Å². The Balaban J connectivity index is 2.99. The monoisotopic (exact) mass is 347 g/mol.